The molecule has 5 heteroatoms. The fourth-order valence-electron chi connectivity index (χ4n) is 8.00. The van der Waals surface area contributed by atoms with Crippen LogP contribution < -0.4 is 0 Å². The minimum absolute atomic E-state index is 0.0419. The molecule has 0 aromatic rings. The molecule has 3 rings (SSSR count). The van der Waals surface area contributed by atoms with Gasteiger partial charge in [-0.05, 0) is 83.1 Å². The Bertz CT molecular complexity index is 1130. The Balaban J connectivity index is 1.96. The van der Waals surface area contributed by atoms with Crippen LogP contribution in [0.2, 0.25) is 0 Å². The van der Waals surface area contributed by atoms with Crippen LogP contribution in [0.4, 0.5) is 0 Å². The van der Waals surface area contributed by atoms with Crippen LogP contribution in [-0.4, -0.2) is 30.9 Å². The van der Waals surface area contributed by atoms with E-state index in [0.717, 1.165) is 36.0 Å². The largest absolute Gasteiger partial charge is 0.468 e. The molecule has 0 N–H and O–H groups in total. The fourth-order valence-corrected chi connectivity index (χ4v) is 8.00. The molecule has 0 radical (unpaired) electrons. The van der Waals surface area contributed by atoms with Crippen molar-refractivity contribution < 1.29 is 23.9 Å². The van der Waals surface area contributed by atoms with Crippen molar-refractivity contribution in [3.63, 3.8) is 0 Å². The molecule has 0 bridgehead atoms. The third-order valence-corrected chi connectivity index (χ3v) is 9.71. The zero-order valence-corrected chi connectivity index (χ0v) is 24.8. The minimum atomic E-state index is -0.944. The Labute approximate surface area is 229 Å². The van der Waals surface area contributed by atoms with Crippen molar-refractivity contribution in [2.45, 2.75) is 93.6 Å². The molecule has 0 saturated heterocycles. The third-order valence-electron chi connectivity index (χ3n) is 9.71. The Morgan fingerprint density at radius 2 is 1.55 bits per heavy atom. The monoisotopic (exact) mass is 522 g/mol. The molecule has 5 nitrogen and oxygen atoms in total. The van der Waals surface area contributed by atoms with Crippen molar-refractivity contribution in [1.29, 1.82) is 0 Å². The molecule has 0 aromatic heterocycles. The molecule has 0 unspecified atom stereocenters. The lowest BCUT2D eigenvalue weighted by molar-refractivity contribution is -0.206. The van der Waals surface area contributed by atoms with Crippen molar-refractivity contribution in [3.05, 3.63) is 58.7 Å². The first kappa shape index (κ1) is 29.9. The molecule has 0 amide bonds. The number of esters is 2. The Hall–Kier alpha value is -2.69. The fraction of sp³-hybridized carbons (Fsp3) is 0.606. The van der Waals surface area contributed by atoms with Crippen molar-refractivity contribution in [3.8, 4) is 0 Å². The maximum absolute atomic E-state index is 13.6. The molecular weight excluding hydrogens is 476 g/mol. The van der Waals surface area contributed by atoms with E-state index in [1.807, 2.05) is 26.0 Å². The number of rotatable bonds is 6. The van der Waals surface area contributed by atoms with Crippen LogP contribution >= 0.6 is 0 Å². The molecule has 0 aliphatic heterocycles. The van der Waals surface area contributed by atoms with Crippen molar-refractivity contribution in [2.24, 2.45) is 28.1 Å². The summed E-state index contributed by atoms with van der Waals surface area (Å²) in [6.45, 7) is 16.0. The second-order valence-corrected chi connectivity index (χ2v) is 12.5. The number of hydrogen-bond donors (Lipinski definition) is 0. The SMILES string of the molecule is COC(=O)[C@]1(C)[C@@H]2CC[C@]3(C)/C(=C(C)/C=C/C=C(C)\C=C\C=C(C)C)C(=O)C[C@H]3[C@@]2(C)CC[C@H]1OC(C)=O. The first-order chi connectivity index (χ1) is 17.7. The topological polar surface area (TPSA) is 69.7 Å². The van der Waals surface area contributed by atoms with Gasteiger partial charge in [-0.25, -0.2) is 0 Å². The van der Waals surface area contributed by atoms with Crippen LogP contribution in [-0.2, 0) is 23.9 Å². The summed E-state index contributed by atoms with van der Waals surface area (Å²) in [5.41, 5.74) is 2.89. The highest BCUT2D eigenvalue weighted by molar-refractivity contribution is 6.01. The van der Waals surface area contributed by atoms with E-state index >= 15 is 0 Å². The van der Waals surface area contributed by atoms with Gasteiger partial charge in [-0.1, -0.05) is 61.4 Å². The lowest BCUT2D eigenvalue weighted by Crippen LogP contribution is -2.62. The normalized spacial score (nSPS) is 36.6. The maximum Gasteiger partial charge on any atom is 0.315 e. The second-order valence-electron chi connectivity index (χ2n) is 12.5. The second kappa shape index (κ2) is 11.2. The Morgan fingerprint density at radius 3 is 2.16 bits per heavy atom. The summed E-state index contributed by atoms with van der Waals surface area (Å²) in [5, 5.41) is 0. The smallest absolute Gasteiger partial charge is 0.315 e. The predicted molar refractivity (Wildman–Crippen MR) is 151 cm³/mol. The van der Waals surface area contributed by atoms with Gasteiger partial charge in [-0.2, -0.15) is 0 Å². The quantitative estimate of drug-likeness (QED) is 0.209. The van der Waals surface area contributed by atoms with E-state index in [1.165, 1.54) is 19.6 Å². The molecule has 208 valence electrons. The van der Waals surface area contributed by atoms with Gasteiger partial charge in [0.25, 0.3) is 0 Å². The number of carbonyl (C=O) groups excluding carboxylic acids is 3. The van der Waals surface area contributed by atoms with E-state index in [4.69, 9.17) is 9.47 Å². The molecule has 3 aliphatic rings. The lowest BCUT2D eigenvalue weighted by atomic mass is 9.42. The number of ketones is 1. The number of Topliss-reactive ketones (excluding diaryl/α,β-unsaturated/α-hetero) is 1. The standard InChI is InChI=1S/C33H46O5/c1-21(2)12-10-13-22(3)14-11-15-23(4)29-25(35)20-27-31(6)19-17-28(38-24(5)34)33(8,30(36)37-9)26(31)16-18-32(27,29)7/h10-15,26-28H,16-20H2,1-9H3/b13-10+,15-11+,22-14-,29-23+/t26-,27+,28-,31+,32+,33-/m1/s1. The van der Waals surface area contributed by atoms with Gasteiger partial charge in [0.1, 0.15) is 11.5 Å². The number of fused-ring (bicyclic) bond motifs is 3. The summed E-state index contributed by atoms with van der Waals surface area (Å²) >= 11 is 0. The van der Waals surface area contributed by atoms with Crippen LogP contribution in [0.1, 0.15) is 87.5 Å². The van der Waals surface area contributed by atoms with Gasteiger partial charge < -0.3 is 9.47 Å². The van der Waals surface area contributed by atoms with Crippen LogP contribution in [0, 0.1) is 28.1 Å². The summed E-state index contributed by atoms with van der Waals surface area (Å²) in [7, 11) is 1.40. The zero-order valence-electron chi connectivity index (χ0n) is 24.8. The molecule has 0 spiro atoms. The van der Waals surface area contributed by atoms with Crippen molar-refractivity contribution in [1.82, 2.24) is 0 Å². The average molecular weight is 523 g/mol. The lowest BCUT2D eigenvalue weighted by Gasteiger charge is -2.61. The summed E-state index contributed by atoms with van der Waals surface area (Å²) in [4.78, 5) is 38.7. The minimum Gasteiger partial charge on any atom is -0.468 e. The maximum atomic E-state index is 13.6. The van der Waals surface area contributed by atoms with Gasteiger partial charge in [-0.15, -0.1) is 0 Å². The summed E-state index contributed by atoms with van der Waals surface area (Å²) in [5.74, 6) is -0.420. The van der Waals surface area contributed by atoms with Crippen molar-refractivity contribution >= 4 is 17.7 Å². The Morgan fingerprint density at radius 1 is 0.895 bits per heavy atom. The molecule has 3 saturated carbocycles. The van der Waals surface area contributed by atoms with Crippen molar-refractivity contribution in [2.75, 3.05) is 7.11 Å². The van der Waals surface area contributed by atoms with Gasteiger partial charge in [0.2, 0.25) is 0 Å². The number of carbonyl (C=O) groups is 3. The highest BCUT2D eigenvalue weighted by Crippen LogP contribution is 2.69. The average Bonchev–Trinajstić information content (AvgIpc) is 3.11. The molecule has 3 aliphatic carbocycles. The Kier molecular flexibility index (Phi) is 8.80. The summed E-state index contributed by atoms with van der Waals surface area (Å²) < 4.78 is 11.0. The van der Waals surface area contributed by atoms with Gasteiger partial charge in [0, 0.05) is 24.3 Å². The predicted octanol–water partition coefficient (Wildman–Crippen LogP) is 7.24. The van der Waals surface area contributed by atoms with E-state index in [0.29, 0.717) is 12.8 Å². The zero-order chi connectivity index (χ0) is 28.5. The summed E-state index contributed by atoms with van der Waals surface area (Å²) in [6, 6.07) is 0. The molecule has 0 heterocycles. The van der Waals surface area contributed by atoms with Gasteiger partial charge in [-0.3, -0.25) is 14.4 Å². The van der Waals surface area contributed by atoms with E-state index in [-0.39, 0.29) is 40.4 Å². The summed E-state index contributed by atoms with van der Waals surface area (Å²) in [6.07, 6.45) is 15.3. The first-order valence-electron chi connectivity index (χ1n) is 13.9. The highest BCUT2D eigenvalue weighted by Gasteiger charge is 2.68. The molecule has 38 heavy (non-hydrogen) atoms. The molecule has 6 atom stereocenters. The van der Waals surface area contributed by atoms with Gasteiger partial charge in [0.15, 0.2) is 5.78 Å². The van der Waals surface area contributed by atoms with Gasteiger partial charge in [0.05, 0.1) is 7.11 Å². The highest BCUT2D eigenvalue weighted by atomic mass is 16.6. The van der Waals surface area contributed by atoms with Crippen LogP contribution in [0.15, 0.2) is 58.7 Å². The van der Waals surface area contributed by atoms with Crippen LogP contribution in [0.3, 0.4) is 0 Å². The molecule has 0 aromatic carbocycles. The van der Waals surface area contributed by atoms with Crippen LogP contribution in [0.25, 0.3) is 0 Å². The molecular formula is C33H46O5. The number of methoxy groups -OCH3 is 1. The van der Waals surface area contributed by atoms with E-state index in [1.54, 1.807) is 0 Å². The first-order valence-corrected chi connectivity index (χ1v) is 13.9. The van der Waals surface area contributed by atoms with E-state index in [9.17, 15) is 14.4 Å². The number of ether oxygens (including phenoxy) is 2. The molecule has 3 fully saturated rings. The van der Waals surface area contributed by atoms with E-state index in [2.05, 4.69) is 58.9 Å². The number of allylic oxidation sites excluding steroid dienone is 10. The van der Waals surface area contributed by atoms with E-state index < -0.39 is 11.5 Å². The van der Waals surface area contributed by atoms with Gasteiger partial charge >= 0.3 is 11.9 Å². The number of hydrogen-bond acceptors (Lipinski definition) is 5. The van der Waals surface area contributed by atoms with Crippen LogP contribution in [0.5, 0.6) is 0 Å². The third kappa shape index (κ3) is 5.26.